The van der Waals surface area contributed by atoms with Crippen molar-refractivity contribution in [3.63, 3.8) is 0 Å². The molecule has 8 nitrogen and oxygen atoms in total. The minimum atomic E-state index is -1.06. The smallest absolute Gasteiger partial charge is 0.337 e. The van der Waals surface area contributed by atoms with Gasteiger partial charge >= 0.3 is 5.97 Å². The van der Waals surface area contributed by atoms with Gasteiger partial charge in [0.1, 0.15) is 0 Å². The second-order valence-electron chi connectivity index (χ2n) is 3.65. The third-order valence-electron chi connectivity index (χ3n) is 2.28. The first-order valence-corrected chi connectivity index (χ1v) is 5.31. The summed E-state index contributed by atoms with van der Waals surface area (Å²) in [4.78, 5) is 23.0. The minimum absolute atomic E-state index is 0.0463. The standard InChI is InChI=1S/C7H8N2O2.C5H5NO3/c8-5-3-1-2-4(6(5)9)7(10)11;7-3-1-2-6-5(9)4(3)8/h1-3H,8-9H2,(H,10,11);1-2,8H,(H2,6,7,9). The number of nitrogens with two attached hydrogens (primary N) is 2. The molecule has 20 heavy (non-hydrogen) atoms. The number of hydrogen-bond acceptors (Lipinski definition) is 6. The van der Waals surface area contributed by atoms with Crippen molar-refractivity contribution in [2.75, 3.05) is 11.5 Å². The zero-order valence-corrected chi connectivity index (χ0v) is 10.2. The van der Waals surface area contributed by atoms with Crippen LogP contribution in [0.2, 0.25) is 0 Å². The third kappa shape index (κ3) is 3.42. The van der Waals surface area contributed by atoms with E-state index < -0.39 is 23.0 Å². The molecule has 1 aromatic carbocycles. The Morgan fingerprint density at radius 2 is 1.80 bits per heavy atom. The van der Waals surface area contributed by atoms with Crippen LogP contribution in [0.25, 0.3) is 0 Å². The van der Waals surface area contributed by atoms with Crippen LogP contribution in [0.1, 0.15) is 10.4 Å². The molecule has 0 aliphatic rings. The maximum atomic E-state index is 10.4. The Bertz CT molecular complexity index is 681. The molecule has 2 aromatic rings. The second-order valence-corrected chi connectivity index (χ2v) is 3.65. The van der Waals surface area contributed by atoms with Gasteiger partial charge in [0.15, 0.2) is 5.75 Å². The number of carbonyl (C=O) groups is 1. The van der Waals surface area contributed by atoms with E-state index >= 15 is 0 Å². The first-order chi connectivity index (χ1) is 9.34. The highest BCUT2D eigenvalue weighted by molar-refractivity contribution is 5.96. The Balaban J connectivity index is 0.000000204. The number of nitrogens with one attached hydrogen (secondary N) is 1. The first-order valence-electron chi connectivity index (χ1n) is 5.31. The lowest BCUT2D eigenvalue weighted by molar-refractivity contribution is 0.0698. The molecule has 0 amide bonds. The summed E-state index contributed by atoms with van der Waals surface area (Å²) in [5.41, 5.74) is 10.5. The number of nitrogen functional groups attached to an aromatic ring is 2. The van der Waals surface area contributed by atoms with Crippen molar-refractivity contribution in [3.8, 4) is 11.5 Å². The van der Waals surface area contributed by atoms with Crippen LogP contribution in [0.15, 0.2) is 35.3 Å². The SMILES string of the molecule is Nc1cccc(C(=O)O)c1N.O=c1[nH]ccc(O)c1O. The summed E-state index contributed by atoms with van der Waals surface area (Å²) < 4.78 is 0. The average Bonchev–Trinajstić information content (AvgIpc) is 2.39. The first kappa shape index (κ1) is 14.9. The van der Waals surface area contributed by atoms with Crippen molar-refractivity contribution in [3.05, 3.63) is 46.4 Å². The number of rotatable bonds is 1. The molecule has 0 saturated carbocycles. The number of anilines is 2. The van der Waals surface area contributed by atoms with Crippen LogP contribution in [0.5, 0.6) is 11.5 Å². The zero-order valence-electron chi connectivity index (χ0n) is 10.2. The van der Waals surface area contributed by atoms with E-state index in [1.807, 2.05) is 0 Å². The topological polar surface area (TPSA) is 163 Å². The minimum Gasteiger partial charge on any atom is -0.504 e. The molecule has 106 valence electrons. The molecule has 8 heteroatoms. The fraction of sp³-hybridized carbons (Fsp3) is 0. The largest absolute Gasteiger partial charge is 0.504 e. The molecule has 0 radical (unpaired) electrons. The molecular weight excluding hydrogens is 266 g/mol. The number of pyridine rings is 1. The van der Waals surface area contributed by atoms with Crippen LogP contribution in [0.3, 0.4) is 0 Å². The number of aromatic amines is 1. The van der Waals surface area contributed by atoms with Gasteiger partial charge in [0.05, 0.1) is 16.9 Å². The van der Waals surface area contributed by atoms with Crippen LogP contribution in [0.4, 0.5) is 11.4 Å². The van der Waals surface area contributed by atoms with Crippen molar-refractivity contribution < 1.29 is 20.1 Å². The molecule has 0 spiro atoms. The summed E-state index contributed by atoms with van der Waals surface area (Å²) in [5, 5.41) is 25.8. The molecule has 8 N–H and O–H groups in total. The number of hydrogen-bond donors (Lipinski definition) is 6. The van der Waals surface area contributed by atoms with Crippen molar-refractivity contribution >= 4 is 17.3 Å². The molecule has 2 rings (SSSR count). The van der Waals surface area contributed by atoms with E-state index in [4.69, 9.17) is 26.8 Å². The number of aromatic hydroxyl groups is 2. The van der Waals surface area contributed by atoms with Gasteiger partial charge in [-0.1, -0.05) is 6.07 Å². The summed E-state index contributed by atoms with van der Waals surface area (Å²) >= 11 is 0. The molecule has 0 fully saturated rings. The van der Waals surface area contributed by atoms with Gasteiger partial charge in [-0.3, -0.25) is 4.79 Å². The number of carboxylic acid groups (broad SMARTS) is 1. The van der Waals surface area contributed by atoms with Crippen molar-refractivity contribution in [1.82, 2.24) is 4.98 Å². The number of aromatic carboxylic acids is 1. The number of benzene rings is 1. The summed E-state index contributed by atoms with van der Waals surface area (Å²) in [6, 6.07) is 5.71. The van der Waals surface area contributed by atoms with E-state index in [9.17, 15) is 9.59 Å². The summed E-state index contributed by atoms with van der Waals surface area (Å²) in [6.07, 6.45) is 1.25. The second kappa shape index (κ2) is 6.14. The van der Waals surface area contributed by atoms with Crippen molar-refractivity contribution in [2.24, 2.45) is 0 Å². The molecule has 0 aliphatic heterocycles. The van der Waals surface area contributed by atoms with E-state index in [-0.39, 0.29) is 11.3 Å². The van der Waals surface area contributed by atoms with Gasteiger partial charge in [-0.05, 0) is 12.1 Å². The quantitative estimate of drug-likeness (QED) is 0.410. The molecule has 0 saturated heterocycles. The van der Waals surface area contributed by atoms with E-state index in [0.29, 0.717) is 5.69 Å². The fourth-order valence-electron chi connectivity index (χ4n) is 1.23. The Morgan fingerprint density at radius 1 is 1.15 bits per heavy atom. The Morgan fingerprint density at radius 3 is 2.25 bits per heavy atom. The summed E-state index contributed by atoms with van der Waals surface area (Å²) in [5.74, 6) is -2.11. The molecule has 0 bridgehead atoms. The van der Waals surface area contributed by atoms with Gasteiger partial charge in [0.2, 0.25) is 5.75 Å². The van der Waals surface area contributed by atoms with Gasteiger partial charge in [0, 0.05) is 12.3 Å². The van der Waals surface area contributed by atoms with E-state index in [1.54, 1.807) is 12.1 Å². The van der Waals surface area contributed by atoms with Gasteiger partial charge in [-0.2, -0.15) is 0 Å². The van der Waals surface area contributed by atoms with Crippen LogP contribution in [-0.2, 0) is 0 Å². The van der Waals surface area contributed by atoms with Gasteiger partial charge < -0.3 is 31.8 Å². The lowest BCUT2D eigenvalue weighted by Crippen LogP contribution is -2.04. The predicted octanol–water partition coefficient (Wildman–Crippen LogP) is 0.335. The van der Waals surface area contributed by atoms with Gasteiger partial charge in [-0.25, -0.2) is 4.79 Å². The molecule has 0 unspecified atom stereocenters. The highest BCUT2D eigenvalue weighted by atomic mass is 16.4. The van der Waals surface area contributed by atoms with E-state index in [0.717, 1.165) is 0 Å². The van der Waals surface area contributed by atoms with Gasteiger partial charge in [0.25, 0.3) is 5.56 Å². The molecule has 0 atom stereocenters. The number of carboxylic acids is 1. The predicted molar refractivity (Wildman–Crippen MR) is 72.6 cm³/mol. The Labute approximate surface area is 112 Å². The number of para-hydroxylation sites is 1. The lowest BCUT2D eigenvalue weighted by atomic mass is 10.1. The molecule has 1 heterocycles. The Hall–Kier alpha value is -3.16. The Kier molecular flexibility index (Phi) is 4.57. The van der Waals surface area contributed by atoms with Crippen molar-refractivity contribution in [1.29, 1.82) is 0 Å². The summed E-state index contributed by atoms with van der Waals surface area (Å²) in [6.45, 7) is 0. The maximum Gasteiger partial charge on any atom is 0.337 e. The number of aromatic nitrogens is 1. The van der Waals surface area contributed by atoms with Crippen molar-refractivity contribution in [2.45, 2.75) is 0 Å². The lowest BCUT2D eigenvalue weighted by Gasteiger charge is -2.01. The summed E-state index contributed by atoms with van der Waals surface area (Å²) in [7, 11) is 0. The maximum absolute atomic E-state index is 10.4. The third-order valence-corrected chi connectivity index (χ3v) is 2.28. The van der Waals surface area contributed by atoms with E-state index in [1.165, 1.54) is 18.3 Å². The average molecular weight is 279 g/mol. The normalized spacial score (nSPS) is 9.40. The van der Waals surface area contributed by atoms with E-state index in [2.05, 4.69) is 4.98 Å². The number of H-pyrrole nitrogens is 1. The van der Waals surface area contributed by atoms with Crippen LogP contribution >= 0.6 is 0 Å². The zero-order chi connectivity index (χ0) is 15.3. The highest BCUT2D eigenvalue weighted by Crippen LogP contribution is 2.18. The van der Waals surface area contributed by atoms with Crippen LogP contribution < -0.4 is 17.0 Å². The molecule has 1 aromatic heterocycles. The molecule has 0 aliphatic carbocycles. The monoisotopic (exact) mass is 279 g/mol. The highest BCUT2D eigenvalue weighted by Gasteiger charge is 2.07. The van der Waals surface area contributed by atoms with Crippen LogP contribution in [0, 0.1) is 0 Å². The van der Waals surface area contributed by atoms with Gasteiger partial charge in [-0.15, -0.1) is 0 Å². The fourth-order valence-corrected chi connectivity index (χ4v) is 1.23. The molecular formula is C12H13N3O5. The van der Waals surface area contributed by atoms with Crippen LogP contribution in [-0.4, -0.2) is 26.3 Å².